The zero-order valence-electron chi connectivity index (χ0n) is 7.56. The van der Waals surface area contributed by atoms with Gasteiger partial charge in [-0.2, -0.15) is 0 Å². The molecule has 0 nitrogen and oxygen atoms in total. The standard InChI is InChI=1S/C12H14/c1-9(2)11-7-6-10-4-3-5-12(10)8-11/h6-8H,1,3-5H2,2H3. The van der Waals surface area contributed by atoms with E-state index < -0.39 is 0 Å². The largest absolute Gasteiger partial charge is 0.0955 e. The predicted octanol–water partition coefficient (Wildman–Crippen LogP) is 3.21. The van der Waals surface area contributed by atoms with Crippen LogP contribution in [0.15, 0.2) is 24.8 Å². The van der Waals surface area contributed by atoms with Gasteiger partial charge in [0.1, 0.15) is 0 Å². The highest BCUT2D eigenvalue weighted by molar-refractivity contribution is 5.62. The van der Waals surface area contributed by atoms with Crippen LogP contribution in [0, 0.1) is 0 Å². The minimum Gasteiger partial charge on any atom is -0.0955 e. The summed E-state index contributed by atoms with van der Waals surface area (Å²) in [6.07, 6.45) is 3.86. The van der Waals surface area contributed by atoms with Gasteiger partial charge in [-0.05, 0) is 42.9 Å². The first-order valence-electron chi connectivity index (χ1n) is 4.55. The van der Waals surface area contributed by atoms with Crippen molar-refractivity contribution in [2.24, 2.45) is 0 Å². The fraction of sp³-hybridized carbons (Fsp3) is 0.333. The smallest absolute Gasteiger partial charge is 0.0230 e. The molecule has 62 valence electrons. The molecule has 0 bridgehead atoms. The van der Waals surface area contributed by atoms with Gasteiger partial charge >= 0.3 is 0 Å². The molecule has 12 heavy (non-hydrogen) atoms. The van der Waals surface area contributed by atoms with Crippen molar-refractivity contribution >= 4 is 5.57 Å². The van der Waals surface area contributed by atoms with Gasteiger partial charge in [0.15, 0.2) is 0 Å². The predicted molar refractivity (Wildman–Crippen MR) is 53.2 cm³/mol. The van der Waals surface area contributed by atoms with Crippen molar-refractivity contribution in [3.05, 3.63) is 41.5 Å². The molecular formula is C12H14. The SMILES string of the molecule is C=C(C)c1ccc2c(c1)CCC2. The summed E-state index contributed by atoms with van der Waals surface area (Å²) >= 11 is 0. The van der Waals surface area contributed by atoms with E-state index in [0.717, 1.165) is 0 Å². The minimum absolute atomic E-state index is 1.17. The first kappa shape index (κ1) is 7.60. The molecule has 2 rings (SSSR count). The summed E-state index contributed by atoms with van der Waals surface area (Å²) < 4.78 is 0. The summed E-state index contributed by atoms with van der Waals surface area (Å²) in [7, 11) is 0. The van der Waals surface area contributed by atoms with E-state index in [1.807, 2.05) is 0 Å². The number of allylic oxidation sites excluding steroid dienone is 1. The molecule has 1 aliphatic carbocycles. The summed E-state index contributed by atoms with van der Waals surface area (Å²) in [4.78, 5) is 0. The lowest BCUT2D eigenvalue weighted by atomic mass is 10.0. The fourth-order valence-electron chi connectivity index (χ4n) is 1.84. The lowest BCUT2D eigenvalue weighted by Gasteiger charge is -2.03. The second-order valence-corrected chi connectivity index (χ2v) is 3.62. The highest BCUT2D eigenvalue weighted by Crippen LogP contribution is 2.24. The van der Waals surface area contributed by atoms with E-state index in [-0.39, 0.29) is 0 Å². The molecule has 1 aromatic carbocycles. The number of aryl methyl sites for hydroxylation is 2. The molecule has 0 N–H and O–H groups in total. The molecule has 0 saturated heterocycles. The van der Waals surface area contributed by atoms with E-state index in [9.17, 15) is 0 Å². The molecule has 0 aromatic heterocycles. The van der Waals surface area contributed by atoms with Crippen molar-refractivity contribution in [3.8, 4) is 0 Å². The second-order valence-electron chi connectivity index (χ2n) is 3.62. The van der Waals surface area contributed by atoms with Gasteiger partial charge in [0.2, 0.25) is 0 Å². The summed E-state index contributed by atoms with van der Waals surface area (Å²) in [6.45, 7) is 6.02. The van der Waals surface area contributed by atoms with Gasteiger partial charge < -0.3 is 0 Å². The maximum atomic E-state index is 3.95. The molecule has 1 aromatic rings. The normalized spacial score (nSPS) is 14.4. The van der Waals surface area contributed by atoms with Crippen LogP contribution in [0.1, 0.15) is 30.0 Å². The molecule has 0 radical (unpaired) electrons. The zero-order valence-corrected chi connectivity index (χ0v) is 7.56. The molecule has 0 spiro atoms. The van der Waals surface area contributed by atoms with Crippen molar-refractivity contribution in [1.29, 1.82) is 0 Å². The number of benzene rings is 1. The van der Waals surface area contributed by atoms with Gasteiger partial charge in [-0.3, -0.25) is 0 Å². The van der Waals surface area contributed by atoms with E-state index in [0.29, 0.717) is 0 Å². The van der Waals surface area contributed by atoms with E-state index in [2.05, 4.69) is 31.7 Å². The molecule has 0 amide bonds. The Kier molecular flexibility index (Phi) is 1.76. The lowest BCUT2D eigenvalue weighted by molar-refractivity contribution is 0.912. The van der Waals surface area contributed by atoms with Gasteiger partial charge in [-0.25, -0.2) is 0 Å². The van der Waals surface area contributed by atoms with E-state index in [4.69, 9.17) is 0 Å². The van der Waals surface area contributed by atoms with Gasteiger partial charge in [0.05, 0.1) is 0 Å². The molecule has 1 aliphatic rings. The highest BCUT2D eigenvalue weighted by atomic mass is 14.1. The number of rotatable bonds is 1. The van der Waals surface area contributed by atoms with Crippen LogP contribution in [-0.2, 0) is 12.8 Å². The third-order valence-corrected chi connectivity index (χ3v) is 2.59. The third-order valence-electron chi connectivity index (χ3n) is 2.59. The summed E-state index contributed by atoms with van der Waals surface area (Å²) in [5.74, 6) is 0. The van der Waals surface area contributed by atoms with E-state index in [1.165, 1.54) is 36.0 Å². The highest BCUT2D eigenvalue weighted by Gasteiger charge is 2.10. The Hall–Kier alpha value is -1.04. The Morgan fingerprint density at radius 2 is 2.00 bits per heavy atom. The average Bonchev–Trinajstić information content (AvgIpc) is 2.49. The van der Waals surface area contributed by atoms with Gasteiger partial charge in [-0.15, -0.1) is 0 Å². The quantitative estimate of drug-likeness (QED) is 0.588. The Morgan fingerprint density at radius 3 is 2.75 bits per heavy atom. The summed E-state index contributed by atoms with van der Waals surface area (Å²) in [5, 5.41) is 0. The summed E-state index contributed by atoms with van der Waals surface area (Å²) in [6, 6.07) is 6.74. The maximum Gasteiger partial charge on any atom is -0.0230 e. The van der Waals surface area contributed by atoms with Gasteiger partial charge in [0.25, 0.3) is 0 Å². The van der Waals surface area contributed by atoms with Crippen molar-refractivity contribution in [1.82, 2.24) is 0 Å². The van der Waals surface area contributed by atoms with Crippen LogP contribution in [0.2, 0.25) is 0 Å². The summed E-state index contributed by atoms with van der Waals surface area (Å²) in [5.41, 5.74) is 5.55. The number of hydrogen-bond donors (Lipinski definition) is 0. The Balaban J connectivity index is 2.45. The maximum absolute atomic E-state index is 3.95. The van der Waals surface area contributed by atoms with Crippen LogP contribution >= 0.6 is 0 Å². The fourth-order valence-corrected chi connectivity index (χ4v) is 1.84. The Bertz CT molecular complexity index is 321. The molecular weight excluding hydrogens is 144 g/mol. The molecule has 0 heterocycles. The monoisotopic (exact) mass is 158 g/mol. The van der Waals surface area contributed by atoms with Crippen LogP contribution in [0.25, 0.3) is 5.57 Å². The molecule has 0 aliphatic heterocycles. The van der Waals surface area contributed by atoms with E-state index >= 15 is 0 Å². The first-order valence-corrected chi connectivity index (χ1v) is 4.55. The third kappa shape index (κ3) is 1.18. The molecule has 0 saturated carbocycles. The van der Waals surface area contributed by atoms with Gasteiger partial charge in [-0.1, -0.05) is 30.4 Å². The van der Waals surface area contributed by atoms with Crippen LogP contribution in [0.3, 0.4) is 0 Å². The van der Waals surface area contributed by atoms with Crippen LogP contribution in [0.5, 0.6) is 0 Å². The lowest BCUT2D eigenvalue weighted by Crippen LogP contribution is -1.84. The Morgan fingerprint density at radius 1 is 1.25 bits per heavy atom. The average molecular weight is 158 g/mol. The van der Waals surface area contributed by atoms with Crippen LogP contribution in [0.4, 0.5) is 0 Å². The van der Waals surface area contributed by atoms with Gasteiger partial charge in [0, 0.05) is 0 Å². The first-order chi connectivity index (χ1) is 5.77. The number of fused-ring (bicyclic) bond motifs is 1. The van der Waals surface area contributed by atoms with E-state index in [1.54, 1.807) is 5.56 Å². The van der Waals surface area contributed by atoms with Crippen molar-refractivity contribution in [3.63, 3.8) is 0 Å². The molecule has 0 heteroatoms. The van der Waals surface area contributed by atoms with Crippen molar-refractivity contribution in [2.45, 2.75) is 26.2 Å². The van der Waals surface area contributed by atoms with Crippen molar-refractivity contribution in [2.75, 3.05) is 0 Å². The second kappa shape index (κ2) is 2.78. The molecule has 0 unspecified atom stereocenters. The van der Waals surface area contributed by atoms with Crippen molar-refractivity contribution < 1.29 is 0 Å². The number of hydrogen-bond acceptors (Lipinski definition) is 0. The van der Waals surface area contributed by atoms with Crippen LogP contribution < -0.4 is 0 Å². The Labute approximate surface area is 73.9 Å². The minimum atomic E-state index is 1.17. The van der Waals surface area contributed by atoms with Crippen LogP contribution in [-0.4, -0.2) is 0 Å². The topological polar surface area (TPSA) is 0 Å². The molecule has 0 fully saturated rings. The molecule has 0 atom stereocenters. The zero-order chi connectivity index (χ0) is 8.55.